The molecule has 0 atom stereocenters. The van der Waals surface area contributed by atoms with Crippen molar-refractivity contribution < 1.29 is 9.32 Å². The number of benzene rings is 1. The fourth-order valence-corrected chi connectivity index (χ4v) is 1.58. The minimum Gasteiger partial charge on any atom is -0.363 e. The van der Waals surface area contributed by atoms with Gasteiger partial charge >= 0.3 is 0 Å². The molecule has 0 saturated heterocycles. The van der Waals surface area contributed by atoms with E-state index in [1.807, 2.05) is 13.0 Å². The van der Waals surface area contributed by atoms with Gasteiger partial charge in [-0.2, -0.15) is 0 Å². The van der Waals surface area contributed by atoms with Crippen molar-refractivity contribution in [2.75, 3.05) is 5.32 Å². The molecule has 0 unspecified atom stereocenters. The highest BCUT2D eigenvalue weighted by Gasteiger charge is 2.08. The smallest absolute Gasteiger partial charge is 0.256 e. The third kappa shape index (κ3) is 2.30. The summed E-state index contributed by atoms with van der Waals surface area (Å²) in [7, 11) is 0. The number of carbonyl (C=O) groups is 1. The van der Waals surface area contributed by atoms with Crippen LogP contribution in [0.5, 0.6) is 0 Å². The van der Waals surface area contributed by atoms with Crippen LogP contribution in [0.1, 0.15) is 15.9 Å². The first-order valence-electron chi connectivity index (χ1n) is 4.65. The van der Waals surface area contributed by atoms with E-state index >= 15 is 0 Å². The average molecular weight is 281 g/mol. The van der Waals surface area contributed by atoms with E-state index in [9.17, 15) is 4.79 Å². The summed E-state index contributed by atoms with van der Waals surface area (Å²) in [4.78, 5) is 11.8. The molecule has 82 valence electrons. The molecule has 1 N–H and O–H groups in total. The summed E-state index contributed by atoms with van der Waals surface area (Å²) in [6.07, 6.45) is 1.40. The molecule has 0 aliphatic heterocycles. The zero-order valence-electron chi connectivity index (χ0n) is 8.53. The molecule has 5 heteroatoms. The van der Waals surface area contributed by atoms with Crippen molar-refractivity contribution in [2.24, 2.45) is 0 Å². The van der Waals surface area contributed by atoms with Crippen molar-refractivity contribution in [3.63, 3.8) is 0 Å². The average Bonchev–Trinajstić information content (AvgIpc) is 2.74. The van der Waals surface area contributed by atoms with Gasteiger partial charge in [-0.05, 0) is 24.6 Å². The van der Waals surface area contributed by atoms with Gasteiger partial charge in [0.25, 0.3) is 5.91 Å². The summed E-state index contributed by atoms with van der Waals surface area (Å²) in [5.74, 6) is 0.191. The molecule has 0 aliphatic carbocycles. The van der Waals surface area contributed by atoms with E-state index < -0.39 is 0 Å². The van der Waals surface area contributed by atoms with Gasteiger partial charge in [-0.25, -0.2) is 0 Å². The number of carbonyl (C=O) groups excluding carboxylic acids is 1. The number of hydrogen-bond donors (Lipinski definition) is 1. The van der Waals surface area contributed by atoms with Crippen LogP contribution in [-0.4, -0.2) is 11.1 Å². The van der Waals surface area contributed by atoms with E-state index in [0.717, 1.165) is 10.0 Å². The molecule has 0 aliphatic rings. The number of hydrogen-bond acceptors (Lipinski definition) is 3. The number of halogens is 1. The summed E-state index contributed by atoms with van der Waals surface area (Å²) < 4.78 is 5.52. The lowest BCUT2D eigenvalue weighted by molar-refractivity contribution is 0.102. The maximum Gasteiger partial charge on any atom is 0.256 e. The van der Waals surface area contributed by atoms with Gasteiger partial charge in [0.2, 0.25) is 0 Å². The number of rotatable bonds is 2. The van der Waals surface area contributed by atoms with Gasteiger partial charge in [0, 0.05) is 16.1 Å². The molecule has 0 fully saturated rings. The van der Waals surface area contributed by atoms with Crippen LogP contribution >= 0.6 is 15.9 Å². The monoisotopic (exact) mass is 280 g/mol. The van der Waals surface area contributed by atoms with Crippen LogP contribution in [0, 0.1) is 6.92 Å². The summed E-state index contributed by atoms with van der Waals surface area (Å²) in [5, 5.41) is 6.22. The fourth-order valence-electron chi connectivity index (χ4n) is 1.20. The molecule has 2 rings (SSSR count). The van der Waals surface area contributed by atoms with Gasteiger partial charge in [0.05, 0.1) is 0 Å². The first-order chi connectivity index (χ1) is 7.66. The Bertz CT molecular complexity index is 509. The van der Waals surface area contributed by atoms with Crippen LogP contribution in [-0.2, 0) is 0 Å². The lowest BCUT2D eigenvalue weighted by Gasteiger charge is -2.03. The van der Waals surface area contributed by atoms with Crippen LogP contribution < -0.4 is 5.32 Å². The molecule has 0 saturated carbocycles. The normalized spacial score (nSPS) is 10.1. The Morgan fingerprint density at radius 3 is 2.88 bits per heavy atom. The van der Waals surface area contributed by atoms with E-state index in [1.54, 1.807) is 18.2 Å². The zero-order chi connectivity index (χ0) is 11.5. The van der Waals surface area contributed by atoms with Crippen LogP contribution in [0.2, 0.25) is 0 Å². The second-order valence-corrected chi connectivity index (χ2v) is 4.16. The molecule has 1 aromatic carbocycles. The van der Waals surface area contributed by atoms with Gasteiger partial charge in [-0.3, -0.25) is 4.79 Å². The zero-order valence-corrected chi connectivity index (χ0v) is 10.1. The summed E-state index contributed by atoms with van der Waals surface area (Å²) >= 11 is 3.38. The lowest BCUT2D eigenvalue weighted by atomic mass is 10.1. The van der Waals surface area contributed by atoms with Gasteiger partial charge in [-0.1, -0.05) is 27.2 Å². The third-order valence-corrected chi connectivity index (χ3v) is 2.97. The Balaban J connectivity index is 2.18. The molecule has 0 bridgehead atoms. The molecule has 0 radical (unpaired) electrons. The minimum absolute atomic E-state index is 0.213. The van der Waals surface area contributed by atoms with Crippen molar-refractivity contribution >= 4 is 27.7 Å². The maximum absolute atomic E-state index is 11.8. The highest BCUT2D eigenvalue weighted by Crippen LogP contribution is 2.18. The summed E-state index contributed by atoms with van der Waals surface area (Å²) in [6, 6.07) is 6.99. The number of anilines is 1. The summed E-state index contributed by atoms with van der Waals surface area (Å²) in [6.45, 7) is 1.96. The van der Waals surface area contributed by atoms with E-state index in [1.165, 1.54) is 6.26 Å². The van der Waals surface area contributed by atoms with Crippen molar-refractivity contribution in [3.8, 4) is 0 Å². The highest BCUT2D eigenvalue weighted by atomic mass is 79.9. The lowest BCUT2D eigenvalue weighted by Crippen LogP contribution is -2.12. The maximum atomic E-state index is 11.8. The molecule has 2 aromatic rings. The molecule has 0 spiro atoms. The Kier molecular flexibility index (Phi) is 3.05. The Morgan fingerprint density at radius 1 is 1.44 bits per heavy atom. The second kappa shape index (κ2) is 4.49. The molecule has 16 heavy (non-hydrogen) atoms. The first kappa shape index (κ1) is 10.9. The number of amides is 1. The molecule has 1 amide bonds. The molecule has 1 aromatic heterocycles. The van der Waals surface area contributed by atoms with E-state index in [-0.39, 0.29) is 5.91 Å². The molecule has 1 heterocycles. The van der Waals surface area contributed by atoms with Gasteiger partial charge in [0.1, 0.15) is 6.26 Å². The second-order valence-electron chi connectivity index (χ2n) is 3.30. The van der Waals surface area contributed by atoms with Gasteiger partial charge in [0.15, 0.2) is 5.82 Å². The molecule has 4 nitrogen and oxygen atoms in total. The number of nitrogens with one attached hydrogen (secondary N) is 1. The minimum atomic E-state index is -0.213. The van der Waals surface area contributed by atoms with Crippen molar-refractivity contribution in [1.82, 2.24) is 5.16 Å². The number of aryl methyl sites for hydroxylation is 1. The van der Waals surface area contributed by atoms with Crippen LogP contribution in [0.15, 0.2) is 39.5 Å². The van der Waals surface area contributed by atoms with Gasteiger partial charge < -0.3 is 9.84 Å². The van der Waals surface area contributed by atoms with Crippen molar-refractivity contribution in [3.05, 3.63) is 46.1 Å². The number of aromatic nitrogens is 1. The highest BCUT2D eigenvalue weighted by molar-refractivity contribution is 9.10. The van der Waals surface area contributed by atoms with Crippen molar-refractivity contribution in [2.45, 2.75) is 6.92 Å². The quantitative estimate of drug-likeness (QED) is 0.920. The predicted molar refractivity (Wildman–Crippen MR) is 63.3 cm³/mol. The number of nitrogens with zero attached hydrogens (tertiary/aromatic N) is 1. The van der Waals surface area contributed by atoms with E-state index in [2.05, 4.69) is 30.9 Å². The molecular weight excluding hydrogens is 272 g/mol. The van der Waals surface area contributed by atoms with Crippen molar-refractivity contribution in [1.29, 1.82) is 0 Å². The third-order valence-electron chi connectivity index (χ3n) is 2.11. The first-order valence-corrected chi connectivity index (χ1v) is 5.44. The van der Waals surface area contributed by atoms with Crippen LogP contribution in [0.3, 0.4) is 0 Å². The SMILES string of the molecule is Cc1ccc(C(=O)Nc2ccon2)cc1Br. The topological polar surface area (TPSA) is 55.1 Å². The Hall–Kier alpha value is -1.62. The Morgan fingerprint density at radius 2 is 2.25 bits per heavy atom. The molecular formula is C11H9BrN2O2. The van der Waals surface area contributed by atoms with E-state index in [4.69, 9.17) is 0 Å². The standard InChI is InChI=1S/C11H9BrN2O2/c1-7-2-3-8(6-9(7)12)11(15)13-10-4-5-16-14-10/h2-6H,1H3,(H,13,14,15). The summed E-state index contributed by atoms with van der Waals surface area (Å²) in [5.41, 5.74) is 1.65. The largest absolute Gasteiger partial charge is 0.363 e. The van der Waals surface area contributed by atoms with Crippen LogP contribution in [0.4, 0.5) is 5.82 Å². The Labute approximate surface area is 101 Å². The van der Waals surface area contributed by atoms with Crippen LogP contribution in [0.25, 0.3) is 0 Å². The van der Waals surface area contributed by atoms with E-state index in [0.29, 0.717) is 11.4 Å². The van der Waals surface area contributed by atoms with Gasteiger partial charge in [-0.15, -0.1) is 0 Å². The predicted octanol–water partition coefficient (Wildman–Crippen LogP) is 3.00. The fraction of sp³-hybridized carbons (Fsp3) is 0.0909.